The van der Waals surface area contributed by atoms with Gasteiger partial charge in [0.2, 0.25) is 0 Å². The maximum Gasteiger partial charge on any atom is 0.0703 e. The summed E-state index contributed by atoms with van der Waals surface area (Å²) in [6, 6.07) is 15.5. The lowest BCUT2D eigenvalue weighted by Crippen LogP contribution is -2.31. The van der Waals surface area contributed by atoms with Crippen molar-refractivity contribution in [3.05, 3.63) is 63.6 Å². The van der Waals surface area contributed by atoms with E-state index in [1.165, 1.54) is 38.9 Å². The van der Waals surface area contributed by atoms with Crippen LogP contribution in [0.5, 0.6) is 0 Å². The average molecular weight is 434 g/mol. The Morgan fingerprint density at radius 3 is 2.69 bits per heavy atom. The van der Waals surface area contributed by atoms with Crippen LogP contribution in [0.1, 0.15) is 36.5 Å². The summed E-state index contributed by atoms with van der Waals surface area (Å²) < 4.78 is 7.13. The molecule has 1 atom stereocenters. The summed E-state index contributed by atoms with van der Waals surface area (Å²) in [5.41, 5.74) is 4.05. The van der Waals surface area contributed by atoms with Gasteiger partial charge < -0.3 is 4.74 Å². The summed E-state index contributed by atoms with van der Waals surface area (Å²) in [6.45, 7) is 8.15. The van der Waals surface area contributed by atoms with Crippen LogP contribution in [-0.4, -0.2) is 29.9 Å². The lowest BCUT2D eigenvalue weighted by molar-refractivity contribution is 0.0676. The van der Waals surface area contributed by atoms with Crippen molar-refractivity contribution < 1.29 is 4.74 Å². The smallest absolute Gasteiger partial charge is 0.0703 e. The molecule has 2 nitrogen and oxygen atoms in total. The number of hydrogen-bond donors (Lipinski definition) is 0. The molecule has 0 saturated carbocycles. The molecule has 1 saturated heterocycles. The summed E-state index contributed by atoms with van der Waals surface area (Å²) in [7, 11) is 0. The molecule has 1 unspecified atom stereocenters. The molecular weight excluding hydrogens is 406 g/mol. The molecule has 26 heavy (non-hydrogen) atoms. The van der Waals surface area contributed by atoms with Crippen LogP contribution in [0.15, 0.2) is 51.8 Å². The van der Waals surface area contributed by atoms with Gasteiger partial charge in [0.1, 0.15) is 0 Å². The molecule has 2 aromatic carbocycles. The third kappa shape index (κ3) is 5.59. The normalized spacial score (nSPS) is 17.2. The molecule has 0 aliphatic carbocycles. The number of aryl methyl sites for hydroxylation is 1. The Balaban J connectivity index is 1.78. The largest absolute Gasteiger partial charge is 0.377 e. The van der Waals surface area contributed by atoms with E-state index in [0.29, 0.717) is 6.10 Å². The third-order valence-corrected chi connectivity index (χ3v) is 6.49. The van der Waals surface area contributed by atoms with Crippen LogP contribution < -0.4 is 0 Å². The van der Waals surface area contributed by atoms with Crippen LogP contribution in [0, 0.1) is 6.92 Å². The van der Waals surface area contributed by atoms with Crippen LogP contribution in [-0.2, 0) is 17.8 Å². The molecule has 4 heteroatoms. The molecule has 0 amide bonds. The first-order valence-electron chi connectivity index (χ1n) is 9.45. The predicted molar refractivity (Wildman–Crippen MR) is 115 cm³/mol. The molecule has 0 radical (unpaired) electrons. The summed E-state index contributed by atoms with van der Waals surface area (Å²) in [4.78, 5) is 3.94. The molecular formula is C22H28BrNOS. The van der Waals surface area contributed by atoms with Gasteiger partial charge in [-0.25, -0.2) is 0 Å². The lowest BCUT2D eigenvalue weighted by atomic mass is 10.1. The minimum absolute atomic E-state index is 0.366. The van der Waals surface area contributed by atoms with Crippen molar-refractivity contribution in [2.75, 3.05) is 18.9 Å². The summed E-state index contributed by atoms with van der Waals surface area (Å²) in [6.07, 6.45) is 2.73. The van der Waals surface area contributed by atoms with Crippen LogP contribution in [0.3, 0.4) is 0 Å². The van der Waals surface area contributed by atoms with Crippen molar-refractivity contribution in [3.63, 3.8) is 0 Å². The van der Waals surface area contributed by atoms with Crippen LogP contribution in [0.25, 0.3) is 0 Å². The topological polar surface area (TPSA) is 12.5 Å². The molecule has 0 N–H and O–H groups in total. The molecule has 1 fully saturated rings. The average Bonchev–Trinajstić information content (AvgIpc) is 3.12. The maximum atomic E-state index is 5.93. The summed E-state index contributed by atoms with van der Waals surface area (Å²) in [5.74, 6) is 1.10. The zero-order chi connectivity index (χ0) is 18.4. The van der Waals surface area contributed by atoms with Gasteiger partial charge in [-0.1, -0.05) is 53.2 Å². The number of ether oxygens (including phenoxy) is 1. The number of rotatable bonds is 8. The Morgan fingerprint density at radius 2 is 1.96 bits per heavy atom. The van der Waals surface area contributed by atoms with Gasteiger partial charge >= 0.3 is 0 Å². The van der Waals surface area contributed by atoms with Crippen LogP contribution in [0.4, 0.5) is 0 Å². The van der Waals surface area contributed by atoms with E-state index >= 15 is 0 Å². The molecule has 1 aliphatic heterocycles. The standard InChI is InChI=1S/C22H28BrNOS/c1-3-26-22-9-5-4-7-19(22)15-24(16-20-8-6-12-25-20)14-18-11-10-17(2)13-21(18)23/h4-5,7,9-11,13,20H,3,6,8,12,14-16H2,1-2H3. The summed E-state index contributed by atoms with van der Waals surface area (Å²) >= 11 is 5.68. The first-order chi connectivity index (χ1) is 12.7. The van der Waals surface area contributed by atoms with E-state index in [0.717, 1.165) is 32.0 Å². The van der Waals surface area contributed by atoms with E-state index in [1.54, 1.807) is 0 Å². The number of halogens is 1. The van der Waals surface area contributed by atoms with Crippen LogP contribution >= 0.6 is 27.7 Å². The van der Waals surface area contributed by atoms with Gasteiger partial charge in [-0.05, 0) is 54.3 Å². The van der Waals surface area contributed by atoms with E-state index in [-0.39, 0.29) is 0 Å². The van der Waals surface area contributed by atoms with Crippen molar-refractivity contribution in [1.29, 1.82) is 0 Å². The third-order valence-electron chi connectivity index (χ3n) is 4.75. The number of benzene rings is 2. The van der Waals surface area contributed by atoms with Gasteiger partial charge in [0.25, 0.3) is 0 Å². The fourth-order valence-electron chi connectivity index (χ4n) is 3.45. The van der Waals surface area contributed by atoms with Crippen molar-refractivity contribution >= 4 is 27.7 Å². The van der Waals surface area contributed by atoms with Gasteiger partial charge in [0.15, 0.2) is 0 Å². The first kappa shape index (κ1) is 19.9. The van der Waals surface area contributed by atoms with E-state index in [4.69, 9.17) is 4.74 Å². The number of nitrogens with zero attached hydrogens (tertiary/aromatic N) is 1. The quantitative estimate of drug-likeness (QED) is 0.470. The van der Waals surface area contributed by atoms with Crippen molar-refractivity contribution in [3.8, 4) is 0 Å². The molecule has 0 spiro atoms. The highest BCUT2D eigenvalue weighted by atomic mass is 79.9. The highest BCUT2D eigenvalue weighted by Crippen LogP contribution is 2.26. The maximum absolute atomic E-state index is 5.93. The lowest BCUT2D eigenvalue weighted by Gasteiger charge is -2.27. The van der Waals surface area contributed by atoms with Gasteiger partial charge in [0, 0.05) is 35.6 Å². The van der Waals surface area contributed by atoms with Crippen molar-refractivity contribution in [2.45, 2.75) is 50.8 Å². The Hall–Kier alpha value is -0.810. The van der Waals surface area contributed by atoms with E-state index in [2.05, 4.69) is 77.1 Å². The second-order valence-electron chi connectivity index (χ2n) is 6.94. The Labute approximate surface area is 170 Å². The van der Waals surface area contributed by atoms with Crippen LogP contribution in [0.2, 0.25) is 0 Å². The van der Waals surface area contributed by atoms with Gasteiger partial charge in [-0.15, -0.1) is 11.8 Å². The van der Waals surface area contributed by atoms with E-state index in [9.17, 15) is 0 Å². The van der Waals surface area contributed by atoms with Gasteiger partial charge in [-0.2, -0.15) is 0 Å². The highest BCUT2D eigenvalue weighted by molar-refractivity contribution is 9.10. The minimum Gasteiger partial charge on any atom is -0.377 e. The molecule has 140 valence electrons. The monoisotopic (exact) mass is 433 g/mol. The summed E-state index contributed by atoms with van der Waals surface area (Å²) in [5, 5.41) is 0. The second-order valence-corrected chi connectivity index (χ2v) is 9.10. The highest BCUT2D eigenvalue weighted by Gasteiger charge is 2.21. The van der Waals surface area contributed by atoms with Gasteiger partial charge in [0.05, 0.1) is 6.10 Å². The second kappa shape index (κ2) is 9.93. The number of hydrogen-bond acceptors (Lipinski definition) is 3. The van der Waals surface area contributed by atoms with Crippen molar-refractivity contribution in [1.82, 2.24) is 4.90 Å². The minimum atomic E-state index is 0.366. The molecule has 1 heterocycles. The number of thioether (sulfide) groups is 1. The zero-order valence-corrected chi connectivity index (χ0v) is 18.1. The van der Waals surface area contributed by atoms with E-state index in [1.807, 2.05) is 11.8 Å². The fraction of sp³-hybridized carbons (Fsp3) is 0.455. The Bertz CT molecular complexity index is 715. The molecule has 1 aliphatic rings. The Kier molecular flexibility index (Phi) is 7.62. The molecule has 0 bridgehead atoms. The first-order valence-corrected chi connectivity index (χ1v) is 11.2. The molecule has 3 rings (SSSR count). The molecule has 2 aromatic rings. The fourth-order valence-corrected chi connectivity index (χ4v) is 4.88. The van der Waals surface area contributed by atoms with Crippen molar-refractivity contribution in [2.24, 2.45) is 0 Å². The Morgan fingerprint density at radius 1 is 1.15 bits per heavy atom. The molecule has 0 aromatic heterocycles. The zero-order valence-electron chi connectivity index (χ0n) is 15.7. The predicted octanol–water partition coefficient (Wildman–Crippen LogP) is 6.05. The van der Waals surface area contributed by atoms with Gasteiger partial charge in [-0.3, -0.25) is 4.90 Å². The van der Waals surface area contributed by atoms with E-state index < -0.39 is 0 Å². The SMILES string of the molecule is CCSc1ccccc1CN(Cc1ccc(C)cc1Br)CC1CCCO1.